The highest BCUT2D eigenvalue weighted by Gasteiger charge is 2.35. The van der Waals surface area contributed by atoms with Crippen molar-refractivity contribution in [1.29, 1.82) is 0 Å². The maximum atomic E-state index is 12.7. The fourth-order valence-electron chi connectivity index (χ4n) is 4.28. The summed E-state index contributed by atoms with van der Waals surface area (Å²) in [5.74, 6) is 2.59. The van der Waals surface area contributed by atoms with Crippen LogP contribution in [0.3, 0.4) is 0 Å². The molecule has 1 aliphatic heterocycles. The van der Waals surface area contributed by atoms with E-state index in [0.29, 0.717) is 35.0 Å². The summed E-state index contributed by atoms with van der Waals surface area (Å²) in [5, 5.41) is 0.203. The van der Waals surface area contributed by atoms with Gasteiger partial charge in [-0.05, 0) is 66.3 Å². The van der Waals surface area contributed by atoms with E-state index in [1.165, 1.54) is 18.9 Å². The molecule has 182 valence electrons. The van der Waals surface area contributed by atoms with Gasteiger partial charge in [-0.2, -0.15) is 0 Å². The summed E-state index contributed by atoms with van der Waals surface area (Å²) in [6, 6.07) is 20.2. The van der Waals surface area contributed by atoms with Gasteiger partial charge >= 0.3 is 5.97 Å². The second kappa shape index (κ2) is 11.3. The fourth-order valence-corrected chi connectivity index (χ4v) is 5.49. The first-order valence-corrected chi connectivity index (χ1v) is 12.3. The lowest BCUT2D eigenvalue weighted by molar-refractivity contribution is -0.114. The third kappa shape index (κ3) is 5.80. The third-order valence-corrected chi connectivity index (χ3v) is 7.34. The van der Waals surface area contributed by atoms with E-state index in [1.807, 2.05) is 36.4 Å². The van der Waals surface area contributed by atoms with E-state index in [9.17, 15) is 9.59 Å². The predicted molar refractivity (Wildman–Crippen MR) is 136 cm³/mol. The third-order valence-electron chi connectivity index (χ3n) is 6.15. The van der Waals surface area contributed by atoms with E-state index in [4.69, 9.17) is 18.9 Å². The highest BCUT2D eigenvalue weighted by atomic mass is 32.2. The van der Waals surface area contributed by atoms with Crippen LogP contribution in [0.1, 0.15) is 21.5 Å². The van der Waals surface area contributed by atoms with Gasteiger partial charge in [-0.3, -0.25) is 4.79 Å². The van der Waals surface area contributed by atoms with Crippen LogP contribution in [0.25, 0.3) is 0 Å². The largest absolute Gasteiger partial charge is 0.493 e. The van der Waals surface area contributed by atoms with Gasteiger partial charge in [-0.15, -0.1) is 0 Å². The molecule has 1 aliphatic rings. The Balaban J connectivity index is 1.48. The lowest BCUT2D eigenvalue weighted by Crippen LogP contribution is -2.20. The summed E-state index contributed by atoms with van der Waals surface area (Å²) >= 11 is 1.39. The predicted octanol–water partition coefficient (Wildman–Crippen LogP) is 5.22. The molecule has 0 unspecified atom stereocenters. The highest BCUT2D eigenvalue weighted by Crippen LogP contribution is 2.39. The van der Waals surface area contributed by atoms with Crippen molar-refractivity contribution in [1.82, 2.24) is 0 Å². The number of methoxy groups -OCH3 is 3. The Kier molecular flexibility index (Phi) is 7.98. The summed E-state index contributed by atoms with van der Waals surface area (Å²) < 4.78 is 21.8. The summed E-state index contributed by atoms with van der Waals surface area (Å²) in [7, 11) is 4.77. The first-order chi connectivity index (χ1) is 17.0. The first-order valence-electron chi connectivity index (χ1n) is 11.3. The van der Waals surface area contributed by atoms with E-state index in [-0.39, 0.29) is 17.0 Å². The summed E-state index contributed by atoms with van der Waals surface area (Å²) in [4.78, 5) is 25.2. The quantitative estimate of drug-likeness (QED) is 0.299. The molecular weight excluding hydrogens is 464 g/mol. The van der Waals surface area contributed by atoms with Crippen LogP contribution in [0.2, 0.25) is 0 Å². The number of thioether (sulfide) groups is 1. The minimum absolute atomic E-state index is 0.115. The fraction of sp³-hybridized carbons (Fsp3) is 0.286. The standard InChI is InChI=1S/C28H28O6S/c1-31-23-11-9-18(15-25(23)32-2)13-21-17-35-28(30)22(21)14-19-10-12-24(26(16-19)33-3)34-27(29)20-7-5-4-6-8-20/h4-12,15-16,21-22H,13-14,17H2,1-3H3/t21-,22+/m0/s1. The Morgan fingerprint density at radius 1 is 0.800 bits per heavy atom. The SMILES string of the molecule is COc1ccc(C[C@H]2CSC(=O)[C@@H]2Cc2ccc(OC(=O)c3ccccc3)c(OC)c2)cc1OC. The molecule has 0 aromatic heterocycles. The second-order valence-electron chi connectivity index (χ2n) is 8.33. The Hall–Kier alpha value is -3.45. The molecule has 0 amide bonds. The topological polar surface area (TPSA) is 71.1 Å². The van der Waals surface area contributed by atoms with E-state index in [0.717, 1.165) is 23.3 Å². The van der Waals surface area contributed by atoms with Crippen molar-refractivity contribution in [2.45, 2.75) is 12.8 Å². The average Bonchev–Trinajstić information content (AvgIpc) is 3.23. The van der Waals surface area contributed by atoms with Crippen LogP contribution in [-0.4, -0.2) is 38.2 Å². The number of hydrogen-bond acceptors (Lipinski definition) is 7. The normalized spacial score (nSPS) is 17.2. The van der Waals surface area contributed by atoms with Crippen LogP contribution < -0.4 is 18.9 Å². The van der Waals surface area contributed by atoms with Gasteiger partial charge in [0.15, 0.2) is 28.1 Å². The second-order valence-corrected chi connectivity index (χ2v) is 9.36. The molecule has 1 heterocycles. The van der Waals surface area contributed by atoms with Crippen LogP contribution in [0.5, 0.6) is 23.0 Å². The van der Waals surface area contributed by atoms with Crippen LogP contribution in [-0.2, 0) is 17.6 Å². The van der Waals surface area contributed by atoms with Crippen molar-refractivity contribution in [3.05, 3.63) is 83.4 Å². The molecule has 7 heteroatoms. The molecule has 6 nitrogen and oxygen atoms in total. The van der Waals surface area contributed by atoms with Gasteiger partial charge in [0, 0.05) is 11.7 Å². The molecular formula is C28H28O6S. The zero-order chi connectivity index (χ0) is 24.8. The summed E-state index contributed by atoms with van der Waals surface area (Å²) in [6.07, 6.45) is 1.36. The molecule has 0 N–H and O–H groups in total. The molecule has 35 heavy (non-hydrogen) atoms. The van der Waals surface area contributed by atoms with E-state index < -0.39 is 5.97 Å². The molecule has 1 saturated heterocycles. The van der Waals surface area contributed by atoms with Gasteiger partial charge in [0.25, 0.3) is 0 Å². The molecule has 0 saturated carbocycles. The number of carbonyl (C=O) groups excluding carboxylic acids is 2. The van der Waals surface area contributed by atoms with Gasteiger partial charge in [-0.25, -0.2) is 4.79 Å². The zero-order valence-electron chi connectivity index (χ0n) is 20.0. The summed E-state index contributed by atoms with van der Waals surface area (Å²) in [6.45, 7) is 0. The van der Waals surface area contributed by atoms with Crippen molar-refractivity contribution in [2.24, 2.45) is 11.8 Å². The molecule has 3 aromatic carbocycles. The molecule has 2 atom stereocenters. The van der Waals surface area contributed by atoms with Gasteiger partial charge in [0.1, 0.15) is 0 Å². The Morgan fingerprint density at radius 2 is 1.40 bits per heavy atom. The molecule has 4 rings (SSSR count). The molecule has 0 aliphatic carbocycles. The summed E-state index contributed by atoms with van der Waals surface area (Å²) in [5.41, 5.74) is 2.53. The average molecular weight is 493 g/mol. The minimum atomic E-state index is -0.450. The monoisotopic (exact) mass is 492 g/mol. The number of ether oxygens (including phenoxy) is 4. The van der Waals surface area contributed by atoms with Gasteiger partial charge in [0.2, 0.25) is 0 Å². The number of esters is 1. The van der Waals surface area contributed by atoms with E-state index in [1.54, 1.807) is 44.6 Å². The van der Waals surface area contributed by atoms with Gasteiger partial charge < -0.3 is 18.9 Å². The Labute approximate surface area is 209 Å². The number of carbonyl (C=O) groups is 2. The maximum absolute atomic E-state index is 12.7. The smallest absolute Gasteiger partial charge is 0.343 e. The Morgan fingerprint density at radius 3 is 2.06 bits per heavy atom. The van der Waals surface area contributed by atoms with E-state index >= 15 is 0 Å². The number of rotatable bonds is 9. The molecule has 1 fully saturated rings. The van der Waals surface area contributed by atoms with Crippen molar-refractivity contribution in [3.63, 3.8) is 0 Å². The minimum Gasteiger partial charge on any atom is -0.493 e. The van der Waals surface area contributed by atoms with Crippen LogP contribution in [0, 0.1) is 11.8 Å². The lowest BCUT2D eigenvalue weighted by Gasteiger charge is -2.19. The van der Waals surface area contributed by atoms with Crippen molar-refractivity contribution < 1.29 is 28.5 Å². The number of benzene rings is 3. The van der Waals surface area contributed by atoms with Crippen LogP contribution in [0.15, 0.2) is 66.7 Å². The van der Waals surface area contributed by atoms with Crippen molar-refractivity contribution in [3.8, 4) is 23.0 Å². The molecule has 0 spiro atoms. The lowest BCUT2D eigenvalue weighted by atomic mass is 9.85. The van der Waals surface area contributed by atoms with Crippen molar-refractivity contribution >= 4 is 22.8 Å². The molecule has 0 bridgehead atoms. The van der Waals surface area contributed by atoms with E-state index in [2.05, 4.69) is 0 Å². The van der Waals surface area contributed by atoms with Crippen LogP contribution >= 0.6 is 11.8 Å². The molecule has 3 aromatic rings. The Bertz CT molecular complexity index is 1190. The highest BCUT2D eigenvalue weighted by molar-refractivity contribution is 8.14. The zero-order valence-corrected chi connectivity index (χ0v) is 20.8. The van der Waals surface area contributed by atoms with Gasteiger partial charge in [-0.1, -0.05) is 42.1 Å². The first kappa shape index (κ1) is 24.7. The van der Waals surface area contributed by atoms with Crippen LogP contribution in [0.4, 0.5) is 0 Å². The maximum Gasteiger partial charge on any atom is 0.343 e. The number of hydrogen-bond donors (Lipinski definition) is 0. The van der Waals surface area contributed by atoms with Crippen molar-refractivity contribution in [2.75, 3.05) is 27.1 Å². The van der Waals surface area contributed by atoms with Gasteiger partial charge in [0.05, 0.1) is 26.9 Å². The molecule has 0 radical (unpaired) electrons.